The van der Waals surface area contributed by atoms with Gasteiger partial charge in [-0.15, -0.1) is 0 Å². The summed E-state index contributed by atoms with van der Waals surface area (Å²) in [5.41, 5.74) is 2.72. The molecule has 0 saturated carbocycles. The maximum Gasteiger partial charge on any atom is 0.131 e. The first-order valence-corrected chi connectivity index (χ1v) is 7.42. The Morgan fingerprint density at radius 3 is 2.52 bits per heavy atom. The molecule has 0 heterocycles. The first-order chi connectivity index (χ1) is 10.2. The van der Waals surface area contributed by atoms with Gasteiger partial charge in [0.2, 0.25) is 0 Å². The van der Waals surface area contributed by atoms with Crippen molar-refractivity contribution in [3.63, 3.8) is 0 Å². The number of nitrogens with one attached hydrogen (secondary N) is 1. The molecule has 21 heavy (non-hydrogen) atoms. The molecule has 0 aliphatic rings. The van der Waals surface area contributed by atoms with Gasteiger partial charge in [-0.05, 0) is 30.2 Å². The zero-order chi connectivity index (χ0) is 15.2. The molecular formula is C18H21F2N. The van der Waals surface area contributed by atoms with Gasteiger partial charge in [-0.2, -0.15) is 0 Å². The van der Waals surface area contributed by atoms with E-state index in [2.05, 4.69) is 24.4 Å². The van der Waals surface area contributed by atoms with Crippen LogP contribution in [0.1, 0.15) is 43.0 Å². The van der Waals surface area contributed by atoms with Crippen molar-refractivity contribution < 1.29 is 8.78 Å². The topological polar surface area (TPSA) is 12.0 Å². The van der Waals surface area contributed by atoms with Crippen LogP contribution < -0.4 is 5.32 Å². The lowest BCUT2D eigenvalue weighted by Gasteiger charge is -2.20. The lowest BCUT2D eigenvalue weighted by molar-refractivity contribution is 0.541. The summed E-state index contributed by atoms with van der Waals surface area (Å²) in [6.07, 6.45) is 2.07. The van der Waals surface area contributed by atoms with Gasteiger partial charge in [0.25, 0.3) is 0 Å². The van der Waals surface area contributed by atoms with E-state index in [1.807, 2.05) is 19.1 Å². The highest BCUT2D eigenvalue weighted by Crippen LogP contribution is 2.26. The van der Waals surface area contributed by atoms with E-state index in [1.54, 1.807) is 0 Å². The second-order valence-corrected chi connectivity index (χ2v) is 5.15. The van der Waals surface area contributed by atoms with Gasteiger partial charge in [0.1, 0.15) is 11.6 Å². The highest BCUT2D eigenvalue weighted by Gasteiger charge is 2.17. The van der Waals surface area contributed by atoms with E-state index in [9.17, 15) is 8.78 Å². The summed E-state index contributed by atoms with van der Waals surface area (Å²) in [6.45, 7) is 4.82. The highest BCUT2D eigenvalue weighted by molar-refractivity contribution is 5.35. The summed E-state index contributed by atoms with van der Waals surface area (Å²) in [6, 6.07) is 11.7. The second-order valence-electron chi connectivity index (χ2n) is 5.15. The average Bonchev–Trinajstić information content (AvgIpc) is 2.46. The van der Waals surface area contributed by atoms with Crippen LogP contribution in [-0.2, 0) is 6.42 Å². The molecule has 0 spiro atoms. The molecule has 2 aromatic rings. The number of hydrogen-bond donors (Lipinski definition) is 1. The average molecular weight is 289 g/mol. The minimum atomic E-state index is -0.550. The van der Waals surface area contributed by atoms with Crippen LogP contribution in [-0.4, -0.2) is 6.54 Å². The third-order valence-corrected chi connectivity index (χ3v) is 3.50. The van der Waals surface area contributed by atoms with E-state index < -0.39 is 11.6 Å². The Balaban J connectivity index is 2.40. The summed E-state index contributed by atoms with van der Waals surface area (Å²) < 4.78 is 27.2. The molecule has 1 atom stereocenters. The maximum absolute atomic E-state index is 14.1. The molecule has 0 saturated heterocycles. The van der Waals surface area contributed by atoms with Crippen molar-refractivity contribution in [1.29, 1.82) is 0 Å². The van der Waals surface area contributed by atoms with Gasteiger partial charge in [-0.25, -0.2) is 8.78 Å². The first-order valence-electron chi connectivity index (χ1n) is 7.42. The number of hydrogen-bond acceptors (Lipinski definition) is 1. The zero-order valence-corrected chi connectivity index (χ0v) is 12.5. The molecule has 0 bridgehead atoms. The van der Waals surface area contributed by atoms with Crippen LogP contribution in [0.25, 0.3) is 0 Å². The molecule has 0 aliphatic carbocycles. The first kappa shape index (κ1) is 15.6. The number of benzene rings is 2. The molecule has 1 nitrogen and oxygen atoms in total. The van der Waals surface area contributed by atoms with Crippen molar-refractivity contribution >= 4 is 0 Å². The normalized spacial score (nSPS) is 12.4. The van der Waals surface area contributed by atoms with Crippen molar-refractivity contribution in [3.8, 4) is 0 Å². The van der Waals surface area contributed by atoms with Crippen LogP contribution in [0.3, 0.4) is 0 Å². The van der Waals surface area contributed by atoms with E-state index in [0.717, 1.165) is 24.5 Å². The van der Waals surface area contributed by atoms with Crippen molar-refractivity contribution in [1.82, 2.24) is 5.32 Å². The Morgan fingerprint density at radius 1 is 1.05 bits per heavy atom. The van der Waals surface area contributed by atoms with Crippen LogP contribution in [0.2, 0.25) is 0 Å². The van der Waals surface area contributed by atoms with Crippen molar-refractivity contribution in [3.05, 3.63) is 70.8 Å². The number of halogens is 2. The van der Waals surface area contributed by atoms with E-state index in [-0.39, 0.29) is 6.04 Å². The summed E-state index contributed by atoms with van der Waals surface area (Å²) in [5.74, 6) is -1.06. The quantitative estimate of drug-likeness (QED) is 0.818. The van der Waals surface area contributed by atoms with Gasteiger partial charge < -0.3 is 5.32 Å². The van der Waals surface area contributed by atoms with Gasteiger partial charge in [-0.1, -0.05) is 50.6 Å². The molecule has 0 aliphatic heterocycles. The second kappa shape index (κ2) is 7.32. The fraction of sp³-hybridized carbons (Fsp3) is 0.333. The van der Waals surface area contributed by atoms with Crippen LogP contribution in [0.5, 0.6) is 0 Å². The lowest BCUT2D eigenvalue weighted by atomic mass is 9.95. The maximum atomic E-state index is 14.1. The van der Waals surface area contributed by atoms with Gasteiger partial charge in [0.05, 0.1) is 6.04 Å². The van der Waals surface area contributed by atoms with Crippen molar-refractivity contribution in [2.75, 3.05) is 6.54 Å². The monoisotopic (exact) mass is 289 g/mol. The van der Waals surface area contributed by atoms with Gasteiger partial charge >= 0.3 is 0 Å². The zero-order valence-electron chi connectivity index (χ0n) is 12.5. The molecule has 2 rings (SSSR count). The predicted molar refractivity (Wildman–Crippen MR) is 82.3 cm³/mol. The minimum Gasteiger partial charge on any atom is -0.306 e. The largest absolute Gasteiger partial charge is 0.306 e. The Bertz CT molecular complexity index is 596. The van der Waals surface area contributed by atoms with Crippen molar-refractivity contribution in [2.24, 2.45) is 0 Å². The molecule has 1 N–H and O–H groups in total. The van der Waals surface area contributed by atoms with Gasteiger partial charge in [0, 0.05) is 11.6 Å². The third kappa shape index (κ3) is 3.88. The summed E-state index contributed by atoms with van der Waals surface area (Å²) >= 11 is 0. The molecule has 0 radical (unpaired) electrons. The smallest absolute Gasteiger partial charge is 0.131 e. The van der Waals surface area contributed by atoms with E-state index in [4.69, 9.17) is 0 Å². The molecule has 0 aromatic heterocycles. The highest BCUT2D eigenvalue weighted by atomic mass is 19.1. The molecule has 2 aromatic carbocycles. The van der Waals surface area contributed by atoms with Crippen molar-refractivity contribution in [2.45, 2.75) is 32.7 Å². The van der Waals surface area contributed by atoms with E-state index >= 15 is 0 Å². The summed E-state index contributed by atoms with van der Waals surface area (Å²) in [7, 11) is 0. The Kier molecular flexibility index (Phi) is 5.45. The standard InChI is InChI=1S/C18H21F2N/c1-3-6-13-7-5-8-14(11-13)18(21-4-2)16-10-9-15(19)12-17(16)20/h5,7-12,18,21H,3-4,6H2,1-2H3. The molecule has 0 fully saturated rings. The third-order valence-electron chi connectivity index (χ3n) is 3.50. The number of aryl methyl sites for hydroxylation is 1. The molecule has 3 heteroatoms. The van der Waals surface area contributed by atoms with Crippen LogP contribution in [0.4, 0.5) is 8.78 Å². The fourth-order valence-corrected chi connectivity index (χ4v) is 2.56. The lowest BCUT2D eigenvalue weighted by Crippen LogP contribution is -2.23. The molecule has 112 valence electrons. The van der Waals surface area contributed by atoms with Gasteiger partial charge in [-0.3, -0.25) is 0 Å². The Morgan fingerprint density at radius 2 is 1.86 bits per heavy atom. The molecule has 0 amide bonds. The van der Waals surface area contributed by atoms with Crippen LogP contribution >= 0.6 is 0 Å². The molecular weight excluding hydrogens is 268 g/mol. The molecule has 1 unspecified atom stereocenters. The fourth-order valence-electron chi connectivity index (χ4n) is 2.56. The summed E-state index contributed by atoms with van der Waals surface area (Å²) in [4.78, 5) is 0. The Labute approximate surface area is 125 Å². The van der Waals surface area contributed by atoms with Gasteiger partial charge in [0.15, 0.2) is 0 Å². The van der Waals surface area contributed by atoms with Crippen LogP contribution in [0, 0.1) is 11.6 Å². The number of rotatable bonds is 6. The minimum absolute atomic E-state index is 0.257. The van der Waals surface area contributed by atoms with E-state index in [0.29, 0.717) is 12.1 Å². The predicted octanol–water partition coefficient (Wildman–Crippen LogP) is 4.62. The SMILES string of the molecule is CCCc1cccc(C(NCC)c2ccc(F)cc2F)c1. The van der Waals surface area contributed by atoms with Crippen LogP contribution in [0.15, 0.2) is 42.5 Å². The van der Waals surface area contributed by atoms with E-state index in [1.165, 1.54) is 17.7 Å². The summed E-state index contributed by atoms with van der Waals surface area (Å²) in [5, 5.41) is 3.28. The Hall–Kier alpha value is -1.74.